The van der Waals surface area contributed by atoms with Crippen LogP contribution in [0.1, 0.15) is 17.3 Å². The molecule has 10 heteroatoms. The van der Waals surface area contributed by atoms with Crippen LogP contribution < -0.4 is 18.9 Å². The molecule has 0 atom stereocenters. The molecule has 1 aromatic heterocycles. The first-order chi connectivity index (χ1) is 7.29. The molecular weight excluding hydrogens is 267 g/mol. The standard InChI is InChI=1S/C7H9ClN2O5S.Li/c1-3-15-7(11)4-5(8)9-10(2)6(4)16(12,13)14;/h3H2,1-2H3,(H,12,13,14);/q;+1/p-1. The van der Waals surface area contributed by atoms with E-state index in [0.29, 0.717) is 0 Å². The Kier molecular flexibility index (Phi) is 5.70. The number of hydrogen-bond acceptors (Lipinski definition) is 6. The second-order valence-electron chi connectivity index (χ2n) is 2.77. The van der Waals surface area contributed by atoms with E-state index in [1.165, 1.54) is 14.0 Å². The van der Waals surface area contributed by atoms with E-state index in [-0.39, 0.29) is 30.6 Å². The molecule has 0 aromatic carbocycles. The van der Waals surface area contributed by atoms with Crippen LogP contribution in [-0.2, 0) is 21.9 Å². The van der Waals surface area contributed by atoms with Crippen molar-refractivity contribution in [3.05, 3.63) is 10.7 Å². The molecule has 0 saturated heterocycles. The fourth-order valence-corrected chi connectivity index (χ4v) is 2.27. The third-order valence-electron chi connectivity index (χ3n) is 1.67. The van der Waals surface area contributed by atoms with Gasteiger partial charge in [-0.2, -0.15) is 5.10 Å². The zero-order chi connectivity index (χ0) is 12.5. The Hall–Kier alpha value is -0.523. The maximum Gasteiger partial charge on any atom is 1.00 e. The van der Waals surface area contributed by atoms with Crippen molar-refractivity contribution in [1.82, 2.24) is 9.78 Å². The summed E-state index contributed by atoms with van der Waals surface area (Å²) in [5.74, 6) is -0.991. The number of aryl methyl sites for hydroxylation is 1. The smallest absolute Gasteiger partial charge is 0.743 e. The minimum atomic E-state index is -4.84. The van der Waals surface area contributed by atoms with E-state index < -0.39 is 26.7 Å². The number of aromatic nitrogens is 2. The molecule has 1 aromatic rings. The van der Waals surface area contributed by atoms with Gasteiger partial charge in [-0.05, 0) is 6.92 Å². The maximum absolute atomic E-state index is 11.4. The van der Waals surface area contributed by atoms with Gasteiger partial charge in [0, 0.05) is 7.05 Å². The Bertz CT molecular complexity index is 527. The van der Waals surface area contributed by atoms with Crippen LogP contribution in [0, 0.1) is 0 Å². The quantitative estimate of drug-likeness (QED) is 0.334. The van der Waals surface area contributed by atoms with Crippen molar-refractivity contribution >= 4 is 27.7 Å². The van der Waals surface area contributed by atoms with Gasteiger partial charge in [0.1, 0.15) is 15.7 Å². The van der Waals surface area contributed by atoms with Gasteiger partial charge in [0.2, 0.25) is 0 Å². The molecule has 0 saturated carbocycles. The van der Waals surface area contributed by atoms with E-state index in [4.69, 9.17) is 11.6 Å². The van der Waals surface area contributed by atoms with Gasteiger partial charge in [-0.15, -0.1) is 0 Å². The van der Waals surface area contributed by atoms with Crippen LogP contribution in [0.25, 0.3) is 0 Å². The van der Waals surface area contributed by atoms with Gasteiger partial charge in [0.25, 0.3) is 0 Å². The van der Waals surface area contributed by atoms with Gasteiger partial charge >= 0.3 is 24.8 Å². The first kappa shape index (κ1) is 16.5. The first-order valence-electron chi connectivity index (χ1n) is 4.14. The molecule has 0 bridgehead atoms. The van der Waals surface area contributed by atoms with Gasteiger partial charge in [-0.1, -0.05) is 11.6 Å². The predicted octanol–water partition coefficient (Wildman–Crippen LogP) is -2.84. The number of carbonyl (C=O) groups excluding carboxylic acids is 1. The Morgan fingerprint density at radius 2 is 2.12 bits per heavy atom. The van der Waals surface area contributed by atoms with Crippen LogP contribution in [0.5, 0.6) is 0 Å². The first-order valence-corrected chi connectivity index (χ1v) is 5.93. The summed E-state index contributed by atoms with van der Waals surface area (Å²) in [6.45, 7) is 1.57. The van der Waals surface area contributed by atoms with Crippen LogP contribution in [0.2, 0.25) is 5.15 Å². The van der Waals surface area contributed by atoms with Crippen molar-refractivity contribution in [2.24, 2.45) is 7.05 Å². The van der Waals surface area contributed by atoms with E-state index in [1.807, 2.05) is 0 Å². The van der Waals surface area contributed by atoms with Crippen LogP contribution in [0.3, 0.4) is 0 Å². The number of carbonyl (C=O) groups is 1. The van der Waals surface area contributed by atoms with E-state index in [1.54, 1.807) is 0 Å². The Morgan fingerprint density at radius 1 is 1.59 bits per heavy atom. The largest absolute Gasteiger partial charge is 1.00 e. The van der Waals surface area contributed by atoms with Crippen molar-refractivity contribution in [1.29, 1.82) is 0 Å². The molecule has 1 rings (SSSR count). The zero-order valence-electron chi connectivity index (χ0n) is 9.43. The van der Waals surface area contributed by atoms with Gasteiger partial charge < -0.3 is 9.29 Å². The molecule has 0 fully saturated rings. The number of nitrogens with zero attached hydrogens (tertiary/aromatic N) is 2. The van der Waals surface area contributed by atoms with Gasteiger partial charge in [-0.3, -0.25) is 4.68 Å². The molecule has 7 nitrogen and oxygen atoms in total. The SMILES string of the molecule is CCOC(=O)c1c(Cl)nn(C)c1S(=O)(=O)[O-].[Li+]. The number of halogens is 1. The minimum absolute atomic E-state index is 0. The molecule has 0 aliphatic carbocycles. The average molecular weight is 275 g/mol. The van der Waals surface area contributed by atoms with E-state index in [9.17, 15) is 17.8 Å². The Labute approximate surface area is 115 Å². The minimum Gasteiger partial charge on any atom is -0.743 e. The molecule has 0 N–H and O–H groups in total. The van der Waals surface area contributed by atoms with Crippen molar-refractivity contribution in [2.45, 2.75) is 11.9 Å². The summed E-state index contributed by atoms with van der Waals surface area (Å²) < 4.78 is 38.1. The van der Waals surface area contributed by atoms with Crippen LogP contribution in [0.15, 0.2) is 5.03 Å². The summed E-state index contributed by atoms with van der Waals surface area (Å²) in [5, 5.41) is 2.31. The molecule has 0 amide bonds. The summed E-state index contributed by atoms with van der Waals surface area (Å²) in [6, 6.07) is 0. The van der Waals surface area contributed by atoms with Gasteiger partial charge in [-0.25, -0.2) is 13.2 Å². The predicted molar refractivity (Wildman–Crippen MR) is 52.1 cm³/mol. The molecule has 17 heavy (non-hydrogen) atoms. The summed E-state index contributed by atoms with van der Waals surface area (Å²) in [5.41, 5.74) is -0.527. The van der Waals surface area contributed by atoms with Crippen molar-refractivity contribution < 1.29 is 41.4 Å². The van der Waals surface area contributed by atoms with E-state index in [2.05, 4.69) is 9.84 Å². The number of hydrogen-bond donors (Lipinski definition) is 0. The summed E-state index contributed by atoms with van der Waals surface area (Å²) in [4.78, 5) is 11.4. The molecule has 0 aliphatic heterocycles. The number of ether oxygens (including phenoxy) is 1. The Balaban J connectivity index is 0.00000256. The van der Waals surface area contributed by atoms with Crippen LogP contribution >= 0.6 is 11.6 Å². The fourth-order valence-electron chi connectivity index (χ4n) is 1.14. The van der Waals surface area contributed by atoms with Crippen LogP contribution in [0.4, 0.5) is 0 Å². The fraction of sp³-hybridized carbons (Fsp3) is 0.429. The molecule has 0 spiro atoms. The zero-order valence-corrected chi connectivity index (χ0v) is 11.0. The average Bonchev–Trinajstić information content (AvgIpc) is 2.40. The summed E-state index contributed by atoms with van der Waals surface area (Å²) in [7, 11) is -3.65. The molecular formula is C7H8ClLiN2O5S. The van der Waals surface area contributed by atoms with Crippen LogP contribution in [-0.4, -0.2) is 35.3 Å². The molecule has 90 valence electrons. The molecule has 0 unspecified atom stereocenters. The summed E-state index contributed by atoms with van der Waals surface area (Å²) >= 11 is 5.55. The number of esters is 1. The maximum atomic E-state index is 11.4. The monoisotopic (exact) mass is 274 g/mol. The topological polar surface area (TPSA) is 101 Å². The second kappa shape index (κ2) is 5.89. The Morgan fingerprint density at radius 3 is 2.53 bits per heavy atom. The molecule has 0 aliphatic rings. The third-order valence-corrected chi connectivity index (χ3v) is 2.87. The van der Waals surface area contributed by atoms with Crippen molar-refractivity contribution in [3.8, 4) is 0 Å². The normalized spacial score (nSPS) is 10.8. The molecule has 1 heterocycles. The van der Waals surface area contributed by atoms with Crippen molar-refractivity contribution in [2.75, 3.05) is 6.61 Å². The summed E-state index contributed by atoms with van der Waals surface area (Å²) in [6.07, 6.45) is 0. The van der Waals surface area contributed by atoms with Gasteiger partial charge in [0.15, 0.2) is 10.2 Å². The number of rotatable bonds is 3. The van der Waals surface area contributed by atoms with Crippen molar-refractivity contribution in [3.63, 3.8) is 0 Å². The third kappa shape index (κ3) is 3.47. The molecule has 0 radical (unpaired) electrons. The van der Waals surface area contributed by atoms with Gasteiger partial charge in [0.05, 0.1) is 6.61 Å². The second-order valence-corrected chi connectivity index (χ2v) is 4.42. The van der Waals surface area contributed by atoms with E-state index >= 15 is 0 Å². The van der Waals surface area contributed by atoms with E-state index in [0.717, 1.165) is 4.68 Å².